The molecule has 55 heavy (non-hydrogen) atoms. The van der Waals surface area contributed by atoms with Gasteiger partial charge in [0.1, 0.15) is 12.1 Å². The lowest BCUT2D eigenvalue weighted by Crippen LogP contribution is -2.57. The van der Waals surface area contributed by atoms with Crippen molar-refractivity contribution in [3.63, 3.8) is 0 Å². The smallest absolute Gasteiger partial charge is 0.335 e. The van der Waals surface area contributed by atoms with E-state index < -0.39 is 41.2 Å². The maximum atomic E-state index is 14.3. The SMILES string of the molecule is N[C@@H](Cc1ccc(C(=O)O)cc1)[C@H](S)C(=O)N[C@@H](Cc1ccc(-c2ccccc2)cc1)C(=O)NC(Cc1csc2ccccc12)C(=O)NCc1ccccc1. The molecule has 0 fully saturated rings. The van der Waals surface area contributed by atoms with Crippen molar-refractivity contribution in [2.45, 2.75) is 49.2 Å². The van der Waals surface area contributed by atoms with E-state index in [1.165, 1.54) is 12.1 Å². The number of carbonyl (C=O) groups excluding carboxylic acids is 3. The van der Waals surface area contributed by atoms with Gasteiger partial charge in [0, 0.05) is 30.1 Å². The Bertz CT molecular complexity index is 2230. The second-order valence-corrected chi connectivity index (χ2v) is 14.8. The summed E-state index contributed by atoms with van der Waals surface area (Å²) in [6.07, 6.45) is 0.625. The van der Waals surface area contributed by atoms with Gasteiger partial charge >= 0.3 is 5.97 Å². The van der Waals surface area contributed by atoms with Gasteiger partial charge in [0.2, 0.25) is 17.7 Å². The molecule has 1 aromatic heterocycles. The average molecular weight is 771 g/mol. The predicted octanol–water partition coefficient (Wildman–Crippen LogP) is 6.21. The van der Waals surface area contributed by atoms with Crippen LogP contribution in [0.2, 0.25) is 0 Å². The van der Waals surface area contributed by atoms with Crippen LogP contribution in [0.4, 0.5) is 0 Å². The van der Waals surface area contributed by atoms with Crippen molar-refractivity contribution in [3.05, 3.63) is 167 Å². The highest BCUT2D eigenvalue weighted by molar-refractivity contribution is 7.81. The number of nitrogens with one attached hydrogen (secondary N) is 3. The molecule has 11 heteroatoms. The fourth-order valence-corrected chi connectivity index (χ4v) is 7.48. The molecule has 9 nitrogen and oxygen atoms in total. The van der Waals surface area contributed by atoms with Crippen molar-refractivity contribution < 1.29 is 24.3 Å². The molecule has 0 bridgehead atoms. The van der Waals surface area contributed by atoms with E-state index in [1.807, 2.05) is 115 Å². The van der Waals surface area contributed by atoms with Crippen molar-refractivity contribution in [2.24, 2.45) is 5.73 Å². The van der Waals surface area contributed by atoms with E-state index in [0.29, 0.717) is 0 Å². The van der Waals surface area contributed by atoms with Crippen LogP contribution in [0, 0.1) is 0 Å². The largest absolute Gasteiger partial charge is 0.478 e. The molecule has 1 heterocycles. The summed E-state index contributed by atoms with van der Waals surface area (Å²) in [6.45, 7) is 0.280. The van der Waals surface area contributed by atoms with Crippen molar-refractivity contribution in [2.75, 3.05) is 0 Å². The average Bonchev–Trinajstić information content (AvgIpc) is 3.62. The summed E-state index contributed by atoms with van der Waals surface area (Å²) in [7, 11) is 0. The highest BCUT2D eigenvalue weighted by Crippen LogP contribution is 2.27. The van der Waals surface area contributed by atoms with Gasteiger partial charge in [0.25, 0.3) is 0 Å². The molecule has 6 aromatic rings. The number of hydrogen-bond acceptors (Lipinski definition) is 7. The van der Waals surface area contributed by atoms with Crippen LogP contribution in [0.3, 0.4) is 0 Å². The Morgan fingerprint density at radius 2 is 1.18 bits per heavy atom. The van der Waals surface area contributed by atoms with Gasteiger partial charge in [-0.15, -0.1) is 11.3 Å². The summed E-state index contributed by atoms with van der Waals surface area (Å²) in [5.41, 5.74) is 12.0. The Morgan fingerprint density at radius 3 is 1.87 bits per heavy atom. The van der Waals surface area contributed by atoms with Gasteiger partial charge in [0.15, 0.2) is 0 Å². The van der Waals surface area contributed by atoms with E-state index in [2.05, 4.69) is 28.6 Å². The van der Waals surface area contributed by atoms with Gasteiger partial charge in [-0.3, -0.25) is 14.4 Å². The molecule has 6 N–H and O–H groups in total. The van der Waals surface area contributed by atoms with Crippen LogP contribution in [0.1, 0.15) is 32.6 Å². The Hall–Kier alpha value is -5.75. The summed E-state index contributed by atoms with van der Waals surface area (Å²) in [5.74, 6) is -2.47. The number of hydrogen-bond donors (Lipinski definition) is 6. The van der Waals surface area contributed by atoms with Crippen LogP contribution in [0.15, 0.2) is 139 Å². The molecule has 0 aliphatic rings. The highest BCUT2D eigenvalue weighted by Gasteiger charge is 2.31. The van der Waals surface area contributed by atoms with E-state index in [9.17, 15) is 24.3 Å². The minimum absolute atomic E-state index is 0.138. The van der Waals surface area contributed by atoms with Gasteiger partial charge in [-0.1, -0.05) is 115 Å². The standard InChI is InChI=1S/C44H42N4O5S2/c45-36(23-28-17-21-33(22-18-28)44(52)53)40(54)43(51)48-37(24-29-15-19-32(20-16-29)31-11-5-2-6-12-31)42(50)47-38(41(49)46-26-30-9-3-1-4-10-30)25-34-27-55-39-14-8-7-13-35(34)39/h1-22,27,36-38,40,54H,23-26,45H2,(H,46,49)(H,47,50)(H,48,51)(H,52,53)/t36-,37-,38?,40-/m0/s1. The first-order chi connectivity index (χ1) is 26.6. The number of rotatable bonds is 16. The lowest BCUT2D eigenvalue weighted by atomic mass is 9.98. The fraction of sp³-hybridized carbons (Fsp3) is 0.182. The maximum absolute atomic E-state index is 14.3. The van der Waals surface area contributed by atoms with Crippen LogP contribution in [-0.4, -0.2) is 52.2 Å². The summed E-state index contributed by atoms with van der Waals surface area (Å²) in [6, 6.07) is 38.6. The maximum Gasteiger partial charge on any atom is 0.335 e. The van der Waals surface area contributed by atoms with E-state index in [-0.39, 0.29) is 37.3 Å². The van der Waals surface area contributed by atoms with Crippen LogP contribution < -0.4 is 21.7 Å². The zero-order valence-electron chi connectivity index (χ0n) is 29.9. The second kappa shape index (κ2) is 18.5. The number of benzene rings is 5. The number of thiol groups is 1. The highest BCUT2D eigenvalue weighted by atomic mass is 32.1. The molecule has 0 aliphatic heterocycles. The van der Waals surface area contributed by atoms with Crippen molar-refractivity contribution in [1.82, 2.24) is 16.0 Å². The molecule has 0 saturated carbocycles. The van der Waals surface area contributed by atoms with Crippen LogP contribution in [0.5, 0.6) is 0 Å². The molecule has 280 valence electrons. The number of carboxylic acid groups (broad SMARTS) is 1. The number of fused-ring (bicyclic) bond motifs is 1. The molecule has 0 spiro atoms. The van der Waals surface area contributed by atoms with Gasteiger partial charge < -0.3 is 26.8 Å². The third-order valence-corrected chi connectivity index (χ3v) is 11.0. The molecular formula is C44H42N4O5S2. The van der Waals surface area contributed by atoms with E-state index in [0.717, 1.165) is 43.5 Å². The van der Waals surface area contributed by atoms with Crippen molar-refractivity contribution >= 4 is 57.7 Å². The van der Waals surface area contributed by atoms with Crippen molar-refractivity contribution in [1.29, 1.82) is 0 Å². The molecule has 0 saturated heterocycles. The quantitative estimate of drug-likeness (QED) is 0.0645. The van der Waals surface area contributed by atoms with Gasteiger partial charge in [-0.05, 0) is 68.8 Å². The third-order valence-electron chi connectivity index (χ3n) is 9.41. The topological polar surface area (TPSA) is 151 Å². The van der Waals surface area contributed by atoms with E-state index in [1.54, 1.807) is 23.5 Å². The lowest BCUT2D eigenvalue weighted by Gasteiger charge is -2.26. The van der Waals surface area contributed by atoms with Gasteiger partial charge in [-0.25, -0.2) is 4.79 Å². The molecule has 0 aliphatic carbocycles. The van der Waals surface area contributed by atoms with Gasteiger partial charge in [0.05, 0.1) is 10.8 Å². The van der Waals surface area contributed by atoms with Crippen molar-refractivity contribution in [3.8, 4) is 11.1 Å². The van der Waals surface area contributed by atoms with E-state index in [4.69, 9.17) is 5.73 Å². The fourth-order valence-electron chi connectivity index (χ4n) is 6.33. The Kier molecular flexibility index (Phi) is 13.1. The summed E-state index contributed by atoms with van der Waals surface area (Å²) < 4.78 is 1.07. The van der Waals surface area contributed by atoms with Crippen LogP contribution >= 0.6 is 24.0 Å². The predicted molar refractivity (Wildman–Crippen MR) is 221 cm³/mol. The summed E-state index contributed by atoms with van der Waals surface area (Å²) in [4.78, 5) is 53.2. The molecule has 4 atom stereocenters. The minimum atomic E-state index is -1.07. The molecule has 0 radical (unpaired) electrons. The Morgan fingerprint density at radius 1 is 0.618 bits per heavy atom. The number of carbonyl (C=O) groups is 4. The molecule has 5 aromatic carbocycles. The number of carboxylic acids is 1. The monoisotopic (exact) mass is 770 g/mol. The van der Waals surface area contributed by atoms with E-state index >= 15 is 0 Å². The lowest BCUT2D eigenvalue weighted by molar-refractivity contribution is -0.132. The first-order valence-electron chi connectivity index (χ1n) is 17.9. The number of thiophene rings is 1. The molecule has 1 unspecified atom stereocenters. The van der Waals surface area contributed by atoms with Gasteiger partial charge in [-0.2, -0.15) is 12.6 Å². The third kappa shape index (κ3) is 10.5. The first kappa shape index (κ1) is 39.0. The minimum Gasteiger partial charge on any atom is -0.478 e. The molecular weight excluding hydrogens is 729 g/mol. The molecule has 6 rings (SSSR count). The number of nitrogens with two attached hydrogens (primary N) is 1. The Labute approximate surface area is 329 Å². The van der Waals surface area contributed by atoms with Crippen LogP contribution in [-0.2, 0) is 40.2 Å². The molecule has 3 amide bonds. The zero-order valence-corrected chi connectivity index (χ0v) is 31.6. The number of aromatic carboxylic acids is 1. The van der Waals surface area contributed by atoms with Crippen LogP contribution in [0.25, 0.3) is 21.2 Å². The summed E-state index contributed by atoms with van der Waals surface area (Å²) in [5, 5.41) is 20.1. The zero-order chi connectivity index (χ0) is 38.7. The normalized spacial score (nSPS) is 13.3. The summed E-state index contributed by atoms with van der Waals surface area (Å²) >= 11 is 6.13. The first-order valence-corrected chi connectivity index (χ1v) is 19.3. The number of amides is 3. The Balaban J connectivity index is 1.23. The second-order valence-electron chi connectivity index (χ2n) is 13.4.